The van der Waals surface area contributed by atoms with E-state index in [0.29, 0.717) is 15.8 Å². The zero-order valence-corrected chi connectivity index (χ0v) is 9.24. The van der Waals surface area contributed by atoms with Gasteiger partial charge in [-0.25, -0.2) is 4.39 Å². The predicted octanol–water partition coefficient (Wildman–Crippen LogP) is 3.26. The monoisotopic (exact) mass is 270 g/mol. The third kappa shape index (κ3) is 2.11. The minimum absolute atomic E-state index is 0.325. The van der Waals surface area contributed by atoms with Crippen LogP contribution in [0.3, 0.4) is 0 Å². The number of hydrogen-bond acceptors (Lipinski definition) is 2. The summed E-state index contributed by atoms with van der Waals surface area (Å²) < 4.78 is 18.3. The van der Waals surface area contributed by atoms with Crippen LogP contribution in [0, 0.1) is 5.82 Å². The Hall–Kier alpha value is -1.13. The Labute approximate surface area is 94.5 Å². The molecule has 1 N–H and O–H groups in total. The first-order valence-corrected chi connectivity index (χ1v) is 5.14. The molecule has 0 fully saturated rings. The minimum atomic E-state index is -0.864. The molecule has 0 spiro atoms. The molecule has 2 nitrogen and oxygen atoms in total. The molecule has 15 heavy (non-hydrogen) atoms. The van der Waals surface area contributed by atoms with Crippen LogP contribution in [0.5, 0.6) is 0 Å². The highest BCUT2D eigenvalue weighted by Gasteiger charge is 2.14. The fourth-order valence-corrected chi connectivity index (χ4v) is 1.69. The molecule has 0 aliphatic carbocycles. The van der Waals surface area contributed by atoms with Gasteiger partial charge in [0.1, 0.15) is 17.7 Å². The molecular formula is C11H8BrFO2. The molecule has 1 unspecified atom stereocenters. The van der Waals surface area contributed by atoms with Crippen LogP contribution in [-0.2, 0) is 0 Å². The lowest BCUT2D eigenvalue weighted by Gasteiger charge is -2.08. The summed E-state index contributed by atoms with van der Waals surface area (Å²) in [6.07, 6.45) is 0.619. The second-order valence-electron chi connectivity index (χ2n) is 3.09. The molecular weight excluding hydrogens is 263 g/mol. The van der Waals surface area contributed by atoms with Crippen molar-refractivity contribution >= 4 is 15.9 Å². The number of hydrogen-bond donors (Lipinski definition) is 1. The molecule has 4 heteroatoms. The quantitative estimate of drug-likeness (QED) is 0.909. The highest BCUT2D eigenvalue weighted by atomic mass is 79.9. The topological polar surface area (TPSA) is 33.4 Å². The minimum Gasteiger partial charge on any atom is -0.466 e. The Morgan fingerprint density at radius 2 is 2.13 bits per heavy atom. The Morgan fingerprint density at radius 1 is 1.33 bits per heavy atom. The van der Waals surface area contributed by atoms with Gasteiger partial charge in [0.15, 0.2) is 0 Å². The first-order chi connectivity index (χ1) is 7.18. The largest absolute Gasteiger partial charge is 0.466 e. The number of halogens is 2. The summed E-state index contributed by atoms with van der Waals surface area (Å²) in [5.41, 5.74) is 0.582. The van der Waals surface area contributed by atoms with Crippen molar-refractivity contribution in [3.63, 3.8) is 0 Å². The van der Waals surface area contributed by atoms with Crippen molar-refractivity contribution in [1.82, 2.24) is 0 Å². The molecule has 1 aromatic heterocycles. The number of furan rings is 1. The standard InChI is InChI=1S/C11H8BrFO2/c12-8-6-7(3-4-9(8)13)11(14)10-2-1-5-15-10/h1-6,11,14H. The Morgan fingerprint density at radius 3 is 2.73 bits per heavy atom. The van der Waals surface area contributed by atoms with Crippen molar-refractivity contribution in [3.05, 3.63) is 58.2 Å². The van der Waals surface area contributed by atoms with Crippen molar-refractivity contribution < 1.29 is 13.9 Å². The SMILES string of the molecule is OC(c1ccc(F)c(Br)c1)c1ccco1. The van der Waals surface area contributed by atoms with E-state index in [1.54, 1.807) is 12.1 Å². The Balaban J connectivity index is 2.34. The third-order valence-corrected chi connectivity index (χ3v) is 2.68. The predicted molar refractivity (Wildman–Crippen MR) is 56.9 cm³/mol. The maximum atomic E-state index is 13.0. The van der Waals surface area contributed by atoms with Gasteiger partial charge in [0.2, 0.25) is 0 Å². The third-order valence-electron chi connectivity index (χ3n) is 2.07. The number of rotatable bonds is 2. The second kappa shape index (κ2) is 4.16. The van der Waals surface area contributed by atoms with Gasteiger partial charge < -0.3 is 9.52 Å². The summed E-state index contributed by atoms with van der Waals surface area (Å²) in [6, 6.07) is 7.71. The maximum Gasteiger partial charge on any atom is 0.137 e. The fraction of sp³-hybridized carbons (Fsp3) is 0.0909. The summed E-state index contributed by atoms with van der Waals surface area (Å²) in [5, 5.41) is 9.86. The van der Waals surface area contributed by atoms with Crippen molar-refractivity contribution in [3.8, 4) is 0 Å². The van der Waals surface area contributed by atoms with E-state index in [1.807, 2.05) is 0 Å². The van der Waals surface area contributed by atoms with Gasteiger partial charge in [0.05, 0.1) is 10.7 Å². The van der Waals surface area contributed by atoms with E-state index in [1.165, 1.54) is 24.5 Å². The smallest absolute Gasteiger partial charge is 0.137 e. The van der Waals surface area contributed by atoms with Crippen LogP contribution in [0.1, 0.15) is 17.4 Å². The lowest BCUT2D eigenvalue weighted by atomic mass is 10.1. The summed E-state index contributed by atoms with van der Waals surface area (Å²) >= 11 is 3.06. The van der Waals surface area contributed by atoms with Gasteiger partial charge in [-0.1, -0.05) is 6.07 Å². The van der Waals surface area contributed by atoms with E-state index < -0.39 is 6.10 Å². The summed E-state index contributed by atoms with van der Waals surface area (Å²) in [5.74, 6) is 0.0823. The molecule has 0 saturated carbocycles. The average Bonchev–Trinajstić information content (AvgIpc) is 2.74. The van der Waals surface area contributed by atoms with Crippen LogP contribution in [0.25, 0.3) is 0 Å². The van der Waals surface area contributed by atoms with Crippen molar-refractivity contribution in [2.24, 2.45) is 0 Å². The van der Waals surface area contributed by atoms with Gasteiger partial charge >= 0.3 is 0 Å². The lowest BCUT2D eigenvalue weighted by Crippen LogP contribution is -1.98. The van der Waals surface area contributed by atoms with Gasteiger partial charge in [0.25, 0.3) is 0 Å². The van der Waals surface area contributed by atoms with E-state index in [-0.39, 0.29) is 5.82 Å². The normalized spacial score (nSPS) is 12.7. The molecule has 0 amide bonds. The number of aliphatic hydroxyl groups is 1. The van der Waals surface area contributed by atoms with Gasteiger partial charge in [-0.2, -0.15) is 0 Å². The van der Waals surface area contributed by atoms with Crippen LogP contribution < -0.4 is 0 Å². The highest BCUT2D eigenvalue weighted by molar-refractivity contribution is 9.10. The van der Waals surface area contributed by atoms with Crippen LogP contribution in [0.4, 0.5) is 4.39 Å². The molecule has 78 valence electrons. The lowest BCUT2D eigenvalue weighted by molar-refractivity contribution is 0.189. The summed E-state index contributed by atoms with van der Waals surface area (Å²) in [4.78, 5) is 0. The zero-order chi connectivity index (χ0) is 10.8. The van der Waals surface area contributed by atoms with Crippen molar-refractivity contribution in [2.75, 3.05) is 0 Å². The van der Waals surface area contributed by atoms with Crippen molar-refractivity contribution in [1.29, 1.82) is 0 Å². The van der Waals surface area contributed by atoms with Crippen LogP contribution in [0.2, 0.25) is 0 Å². The molecule has 1 heterocycles. The van der Waals surface area contributed by atoms with Gasteiger partial charge in [-0.15, -0.1) is 0 Å². The van der Waals surface area contributed by atoms with E-state index in [9.17, 15) is 9.50 Å². The summed E-state index contributed by atoms with van der Waals surface area (Å²) in [7, 11) is 0. The maximum absolute atomic E-state index is 13.0. The average molecular weight is 271 g/mol. The molecule has 0 bridgehead atoms. The molecule has 0 aliphatic heterocycles. The number of benzene rings is 1. The van der Waals surface area contributed by atoms with Gasteiger partial charge in [0, 0.05) is 0 Å². The first kappa shape index (κ1) is 10.4. The van der Waals surface area contributed by atoms with E-state index >= 15 is 0 Å². The molecule has 0 radical (unpaired) electrons. The molecule has 1 aromatic carbocycles. The second-order valence-corrected chi connectivity index (χ2v) is 3.95. The van der Waals surface area contributed by atoms with Crippen LogP contribution in [-0.4, -0.2) is 5.11 Å². The van der Waals surface area contributed by atoms with Gasteiger partial charge in [-0.05, 0) is 45.8 Å². The summed E-state index contributed by atoms with van der Waals surface area (Å²) in [6.45, 7) is 0. The van der Waals surface area contributed by atoms with E-state index in [2.05, 4.69) is 15.9 Å². The Bertz CT molecular complexity index is 454. The van der Waals surface area contributed by atoms with Gasteiger partial charge in [-0.3, -0.25) is 0 Å². The van der Waals surface area contributed by atoms with E-state index in [4.69, 9.17) is 4.42 Å². The van der Waals surface area contributed by atoms with E-state index in [0.717, 1.165) is 0 Å². The Kier molecular flexibility index (Phi) is 2.88. The zero-order valence-electron chi connectivity index (χ0n) is 7.65. The molecule has 2 rings (SSSR count). The van der Waals surface area contributed by atoms with Crippen LogP contribution >= 0.6 is 15.9 Å². The molecule has 2 aromatic rings. The molecule has 0 saturated heterocycles. The highest BCUT2D eigenvalue weighted by Crippen LogP contribution is 2.26. The molecule has 0 aliphatic rings. The number of aliphatic hydroxyl groups excluding tert-OH is 1. The van der Waals surface area contributed by atoms with Crippen molar-refractivity contribution in [2.45, 2.75) is 6.10 Å². The first-order valence-electron chi connectivity index (χ1n) is 4.35. The fourth-order valence-electron chi connectivity index (χ4n) is 1.29. The molecule has 1 atom stereocenters. The van der Waals surface area contributed by atoms with Crippen LogP contribution in [0.15, 0.2) is 45.5 Å².